The number of piperidine rings is 1. The summed E-state index contributed by atoms with van der Waals surface area (Å²) in [7, 11) is 1.99. The zero-order chi connectivity index (χ0) is 24.9. The maximum absolute atomic E-state index is 10.6. The Hall–Kier alpha value is -3.00. The second-order valence-corrected chi connectivity index (χ2v) is 9.61. The van der Waals surface area contributed by atoms with Gasteiger partial charge in [-0.1, -0.05) is 6.07 Å². The molecule has 0 aliphatic carbocycles. The number of nitrogens with one attached hydrogen (secondary N) is 1. The lowest BCUT2D eigenvalue weighted by molar-refractivity contribution is 0.160. The van der Waals surface area contributed by atoms with Gasteiger partial charge in [0.2, 0.25) is 5.95 Å². The Balaban J connectivity index is 1.53. The monoisotopic (exact) mass is 424 g/mol. The Kier molecular flexibility index (Phi) is 4.33. The molecular formula is C23H31N7O. The van der Waals surface area contributed by atoms with Crippen LogP contribution in [0.5, 0.6) is 5.75 Å². The van der Waals surface area contributed by atoms with Crippen molar-refractivity contribution in [3.05, 3.63) is 36.8 Å². The summed E-state index contributed by atoms with van der Waals surface area (Å²) >= 11 is 0. The molecule has 1 aliphatic rings. The minimum Gasteiger partial charge on any atom is -0.507 e. The van der Waals surface area contributed by atoms with Gasteiger partial charge in [-0.25, -0.2) is 4.98 Å². The van der Waals surface area contributed by atoms with Gasteiger partial charge in [-0.3, -0.25) is 4.68 Å². The predicted molar refractivity (Wildman–Crippen MR) is 122 cm³/mol. The Bertz CT molecular complexity index is 1160. The molecule has 1 aromatic carbocycles. The van der Waals surface area contributed by atoms with E-state index < -0.39 is 6.98 Å². The van der Waals surface area contributed by atoms with Gasteiger partial charge in [0.25, 0.3) is 0 Å². The summed E-state index contributed by atoms with van der Waals surface area (Å²) in [5, 5.41) is 26.8. The maximum atomic E-state index is 10.6. The average molecular weight is 425 g/mol. The molecule has 3 aromatic rings. The van der Waals surface area contributed by atoms with Gasteiger partial charge < -0.3 is 15.3 Å². The first-order valence-corrected chi connectivity index (χ1v) is 10.3. The number of phenolic OH excluding ortho intramolecular Hbond substituents is 1. The highest BCUT2D eigenvalue weighted by molar-refractivity contribution is 5.73. The van der Waals surface area contributed by atoms with Crippen molar-refractivity contribution < 1.29 is 9.22 Å². The molecular weight excluding hydrogens is 390 g/mol. The molecule has 0 saturated carbocycles. The third-order valence-corrected chi connectivity index (χ3v) is 5.77. The molecule has 3 heterocycles. The van der Waals surface area contributed by atoms with E-state index >= 15 is 0 Å². The molecule has 1 aliphatic heterocycles. The van der Waals surface area contributed by atoms with Gasteiger partial charge in [-0.05, 0) is 58.2 Å². The highest BCUT2D eigenvalue weighted by atomic mass is 16.3. The summed E-state index contributed by atoms with van der Waals surface area (Å²) in [4.78, 5) is 6.60. The average Bonchev–Trinajstić information content (AvgIpc) is 3.22. The van der Waals surface area contributed by atoms with Crippen molar-refractivity contribution in [3.63, 3.8) is 0 Å². The highest BCUT2D eigenvalue weighted by Crippen LogP contribution is 2.34. The fourth-order valence-electron chi connectivity index (χ4n) is 4.66. The molecule has 8 nitrogen and oxygen atoms in total. The molecule has 2 N–H and O–H groups in total. The minimum absolute atomic E-state index is 0.00156. The van der Waals surface area contributed by atoms with Crippen LogP contribution in [0.4, 0.5) is 5.95 Å². The lowest BCUT2D eigenvalue weighted by Crippen LogP contribution is -2.62. The van der Waals surface area contributed by atoms with E-state index in [2.05, 4.69) is 58.2 Å². The van der Waals surface area contributed by atoms with Crippen LogP contribution in [0.2, 0.25) is 0 Å². The molecule has 31 heavy (non-hydrogen) atoms. The van der Waals surface area contributed by atoms with Crippen molar-refractivity contribution >= 4 is 5.95 Å². The van der Waals surface area contributed by atoms with Crippen LogP contribution in [0.3, 0.4) is 0 Å². The Labute approximate surface area is 187 Å². The van der Waals surface area contributed by atoms with Crippen LogP contribution < -0.4 is 10.2 Å². The SMILES string of the molecule is [2H]C([2H])([2H])n1cc(-c2ccc(-c3cnc(N(C)C4CC(C)(C)NC(C)(C)C4)nn3)c(O)c2)cn1. The van der Waals surface area contributed by atoms with Crippen molar-refractivity contribution in [2.24, 2.45) is 6.98 Å². The summed E-state index contributed by atoms with van der Waals surface area (Å²) < 4.78 is 23.3. The van der Waals surface area contributed by atoms with E-state index in [9.17, 15) is 5.11 Å². The fraction of sp³-hybridized carbons (Fsp3) is 0.478. The molecule has 8 heteroatoms. The molecule has 1 saturated heterocycles. The number of anilines is 1. The fourth-order valence-corrected chi connectivity index (χ4v) is 4.66. The first kappa shape index (κ1) is 17.7. The highest BCUT2D eigenvalue weighted by Gasteiger charge is 2.39. The summed E-state index contributed by atoms with van der Waals surface area (Å²) in [6, 6.07) is 5.31. The van der Waals surface area contributed by atoms with Gasteiger partial charge in [0, 0.05) is 52.6 Å². The molecule has 0 radical (unpaired) electrons. The molecule has 4 rings (SSSR count). The van der Waals surface area contributed by atoms with Crippen LogP contribution in [-0.4, -0.2) is 54.2 Å². The van der Waals surface area contributed by atoms with Crippen molar-refractivity contribution in [1.29, 1.82) is 0 Å². The van der Waals surface area contributed by atoms with Crippen LogP contribution in [0, 0.1) is 0 Å². The van der Waals surface area contributed by atoms with Crippen LogP contribution in [-0.2, 0) is 6.98 Å². The predicted octanol–water partition coefficient (Wildman–Crippen LogP) is 3.39. The first-order chi connectivity index (χ1) is 15.7. The normalized spacial score (nSPS) is 20.0. The summed E-state index contributed by atoms with van der Waals surface area (Å²) in [5.74, 6) is 0.536. The summed E-state index contributed by atoms with van der Waals surface area (Å²) in [5.41, 5.74) is 2.18. The molecule has 164 valence electrons. The quantitative estimate of drug-likeness (QED) is 0.663. The maximum Gasteiger partial charge on any atom is 0.245 e. The van der Waals surface area contributed by atoms with Crippen molar-refractivity contribution in [1.82, 2.24) is 30.3 Å². The number of aromatic nitrogens is 5. The van der Waals surface area contributed by atoms with E-state index in [-0.39, 0.29) is 22.9 Å². The summed E-state index contributed by atoms with van der Waals surface area (Å²) in [6.07, 6.45) is 6.40. The van der Waals surface area contributed by atoms with E-state index in [4.69, 9.17) is 4.11 Å². The van der Waals surface area contributed by atoms with E-state index in [0.717, 1.165) is 17.5 Å². The van der Waals surface area contributed by atoms with Crippen LogP contribution in [0.1, 0.15) is 44.6 Å². The van der Waals surface area contributed by atoms with Crippen LogP contribution in [0.15, 0.2) is 36.8 Å². The van der Waals surface area contributed by atoms with Gasteiger partial charge in [-0.15, -0.1) is 10.2 Å². The number of benzene rings is 1. The number of phenols is 1. The third-order valence-electron chi connectivity index (χ3n) is 5.77. The van der Waals surface area contributed by atoms with E-state index in [1.165, 1.54) is 12.4 Å². The van der Waals surface area contributed by atoms with Crippen molar-refractivity contribution in [2.45, 2.75) is 57.7 Å². The second kappa shape index (κ2) is 7.60. The molecule has 0 spiro atoms. The van der Waals surface area contributed by atoms with Gasteiger partial charge >= 0.3 is 0 Å². The van der Waals surface area contributed by atoms with Gasteiger partial charge in [-0.2, -0.15) is 5.10 Å². The number of aromatic hydroxyl groups is 1. The number of aryl methyl sites for hydroxylation is 1. The molecule has 1 fully saturated rings. The van der Waals surface area contributed by atoms with E-state index in [0.29, 0.717) is 28.3 Å². The molecule has 0 atom stereocenters. The van der Waals surface area contributed by atoms with Gasteiger partial charge in [0.15, 0.2) is 0 Å². The lowest BCUT2D eigenvalue weighted by atomic mass is 9.79. The van der Waals surface area contributed by atoms with E-state index in [1.807, 2.05) is 7.05 Å². The number of rotatable bonds is 4. The Morgan fingerprint density at radius 1 is 1.13 bits per heavy atom. The minimum atomic E-state index is -2.35. The van der Waals surface area contributed by atoms with Crippen LogP contribution in [0.25, 0.3) is 22.4 Å². The zero-order valence-corrected chi connectivity index (χ0v) is 18.6. The topological polar surface area (TPSA) is 92.0 Å². The Morgan fingerprint density at radius 3 is 2.45 bits per heavy atom. The number of hydrogen-bond acceptors (Lipinski definition) is 7. The number of hydrogen-bond donors (Lipinski definition) is 2. The van der Waals surface area contributed by atoms with Gasteiger partial charge in [0.1, 0.15) is 11.4 Å². The number of nitrogens with zero attached hydrogens (tertiary/aromatic N) is 6. The van der Waals surface area contributed by atoms with Crippen molar-refractivity contribution in [3.8, 4) is 28.1 Å². The first-order valence-electron chi connectivity index (χ1n) is 11.8. The molecule has 0 bridgehead atoms. The summed E-state index contributed by atoms with van der Waals surface area (Å²) in [6.45, 7) is 6.47. The van der Waals surface area contributed by atoms with Gasteiger partial charge in [0.05, 0.1) is 12.4 Å². The molecule has 0 amide bonds. The Morgan fingerprint density at radius 2 is 1.87 bits per heavy atom. The lowest BCUT2D eigenvalue weighted by Gasteiger charge is -2.48. The zero-order valence-electron chi connectivity index (χ0n) is 21.6. The second-order valence-electron chi connectivity index (χ2n) is 9.61. The van der Waals surface area contributed by atoms with Crippen molar-refractivity contribution in [2.75, 3.05) is 11.9 Å². The standard InChI is InChI=1S/C23H31N7O/c1-22(2)10-17(11-23(3,4)28-22)30(6)21-24-13-19(26-27-21)18-8-7-15(9-20(18)31)16-12-25-29(5)14-16/h7-9,12-14,17,28,31H,10-11H2,1-6H3/i5D3. The molecule has 0 unspecified atom stereocenters. The smallest absolute Gasteiger partial charge is 0.245 e. The van der Waals surface area contributed by atoms with Crippen LogP contribution >= 0.6 is 0 Å². The van der Waals surface area contributed by atoms with E-state index in [1.54, 1.807) is 24.4 Å². The third kappa shape index (κ3) is 4.54. The largest absolute Gasteiger partial charge is 0.507 e. The molecule has 2 aromatic heterocycles.